The van der Waals surface area contributed by atoms with Gasteiger partial charge < -0.3 is 9.47 Å². The normalized spacial score (nSPS) is 18.8. The number of aryl methyl sites for hydroxylation is 2. The molecule has 0 saturated heterocycles. The molecule has 2 aromatic carbocycles. The Labute approximate surface area is 154 Å². The summed E-state index contributed by atoms with van der Waals surface area (Å²) in [6.07, 6.45) is 1.77. The standard InChI is InChI=1S/C22H25NO3/c1-14-5-7-18(9-15(14)2)23-19-10-17(11-20(24)13-19)16-6-8-21(25-3)22(12-16)26-4/h5-9,12,17H,10-11,13H2,1-4H3. The van der Waals surface area contributed by atoms with Crippen molar-refractivity contribution < 1.29 is 14.3 Å². The molecular weight excluding hydrogens is 326 g/mol. The lowest BCUT2D eigenvalue weighted by atomic mass is 9.82. The molecule has 3 rings (SSSR count). The Hall–Kier alpha value is -2.62. The number of hydrogen-bond acceptors (Lipinski definition) is 4. The first-order valence-corrected chi connectivity index (χ1v) is 8.87. The fourth-order valence-electron chi connectivity index (χ4n) is 3.41. The smallest absolute Gasteiger partial charge is 0.160 e. The highest BCUT2D eigenvalue weighted by Crippen LogP contribution is 2.36. The molecule has 1 aliphatic carbocycles. The number of carbonyl (C=O) groups excluding carboxylic acids is 1. The van der Waals surface area contributed by atoms with Gasteiger partial charge >= 0.3 is 0 Å². The van der Waals surface area contributed by atoms with Crippen molar-refractivity contribution in [2.45, 2.75) is 39.0 Å². The van der Waals surface area contributed by atoms with Gasteiger partial charge in [-0.1, -0.05) is 12.1 Å². The van der Waals surface area contributed by atoms with Gasteiger partial charge in [0.2, 0.25) is 0 Å². The summed E-state index contributed by atoms with van der Waals surface area (Å²) >= 11 is 0. The van der Waals surface area contributed by atoms with E-state index in [1.54, 1.807) is 14.2 Å². The molecule has 1 unspecified atom stereocenters. The van der Waals surface area contributed by atoms with Crippen LogP contribution in [0.1, 0.15) is 41.9 Å². The van der Waals surface area contributed by atoms with Gasteiger partial charge in [0.25, 0.3) is 0 Å². The van der Waals surface area contributed by atoms with Crippen LogP contribution in [0, 0.1) is 13.8 Å². The van der Waals surface area contributed by atoms with Gasteiger partial charge in [0.1, 0.15) is 5.78 Å². The molecule has 4 heteroatoms. The lowest BCUT2D eigenvalue weighted by molar-refractivity contribution is -0.118. The fourth-order valence-corrected chi connectivity index (χ4v) is 3.41. The van der Waals surface area contributed by atoms with E-state index in [1.807, 2.05) is 24.3 Å². The van der Waals surface area contributed by atoms with Crippen LogP contribution in [0.3, 0.4) is 0 Å². The first-order chi connectivity index (χ1) is 12.5. The number of methoxy groups -OCH3 is 2. The minimum Gasteiger partial charge on any atom is -0.493 e. The minimum atomic E-state index is 0.126. The highest BCUT2D eigenvalue weighted by atomic mass is 16.5. The molecule has 0 bridgehead atoms. The fraction of sp³-hybridized carbons (Fsp3) is 0.364. The second-order valence-electron chi connectivity index (χ2n) is 6.88. The summed E-state index contributed by atoms with van der Waals surface area (Å²) in [6.45, 7) is 4.17. The van der Waals surface area contributed by atoms with Crippen molar-refractivity contribution in [2.24, 2.45) is 4.99 Å². The monoisotopic (exact) mass is 351 g/mol. The van der Waals surface area contributed by atoms with Gasteiger partial charge in [-0.25, -0.2) is 0 Å². The summed E-state index contributed by atoms with van der Waals surface area (Å²) < 4.78 is 10.7. The number of ether oxygens (including phenoxy) is 2. The largest absolute Gasteiger partial charge is 0.493 e. The number of nitrogens with zero attached hydrogens (tertiary/aromatic N) is 1. The minimum absolute atomic E-state index is 0.126. The molecule has 0 radical (unpaired) electrons. The molecule has 4 nitrogen and oxygen atoms in total. The van der Waals surface area contributed by atoms with Crippen LogP contribution in [0.25, 0.3) is 0 Å². The number of Topliss-reactive ketones (excluding diaryl/α,β-unsaturated/α-hetero) is 1. The van der Waals surface area contributed by atoms with Crippen LogP contribution in [-0.4, -0.2) is 25.7 Å². The van der Waals surface area contributed by atoms with Crippen molar-refractivity contribution in [3.63, 3.8) is 0 Å². The van der Waals surface area contributed by atoms with Crippen molar-refractivity contribution >= 4 is 17.2 Å². The molecule has 0 aromatic heterocycles. The molecular formula is C22H25NO3. The van der Waals surface area contributed by atoms with E-state index >= 15 is 0 Å². The molecule has 1 aliphatic rings. The van der Waals surface area contributed by atoms with E-state index in [4.69, 9.17) is 14.5 Å². The van der Waals surface area contributed by atoms with Gasteiger partial charge in [0.05, 0.1) is 19.9 Å². The molecule has 1 atom stereocenters. The number of hydrogen-bond donors (Lipinski definition) is 0. The summed E-state index contributed by atoms with van der Waals surface area (Å²) in [7, 11) is 3.25. The molecule has 26 heavy (non-hydrogen) atoms. The van der Waals surface area contributed by atoms with E-state index in [1.165, 1.54) is 11.1 Å². The van der Waals surface area contributed by atoms with E-state index in [2.05, 4.69) is 26.0 Å². The van der Waals surface area contributed by atoms with Crippen LogP contribution in [0.5, 0.6) is 11.5 Å². The van der Waals surface area contributed by atoms with Gasteiger partial charge in [-0.2, -0.15) is 0 Å². The number of carbonyl (C=O) groups is 1. The summed E-state index contributed by atoms with van der Waals surface area (Å²) in [5.41, 5.74) is 5.42. The van der Waals surface area contributed by atoms with Crippen molar-refractivity contribution in [3.8, 4) is 11.5 Å². The maximum absolute atomic E-state index is 12.3. The first kappa shape index (κ1) is 18.2. The molecule has 0 heterocycles. The number of benzene rings is 2. The zero-order chi connectivity index (χ0) is 18.7. The Bertz CT molecular complexity index is 854. The first-order valence-electron chi connectivity index (χ1n) is 8.87. The maximum atomic E-state index is 12.3. The van der Waals surface area contributed by atoms with E-state index in [-0.39, 0.29) is 11.7 Å². The van der Waals surface area contributed by atoms with E-state index in [0.29, 0.717) is 24.3 Å². The lowest BCUT2D eigenvalue weighted by Crippen LogP contribution is -2.21. The van der Waals surface area contributed by atoms with Gasteiger partial charge in [-0.05, 0) is 67.1 Å². The quantitative estimate of drug-likeness (QED) is 0.785. The summed E-state index contributed by atoms with van der Waals surface area (Å²) in [5, 5.41) is 0. The second kappa shape index (κ2) is 7.73. The number of aliphatic imine (C=N–C) groups is 1. The molecule has 1 fully saturated rings. The number of rotatable bonds is 4. The average Bonchev–Trinajstić information content (AvgIpc) is 2.63. The molecule has 0 amide bonds. The Morgan fingerprint density at radius 3 is 2.38 bits per heavy atom. The average molecular weight is 351 g/mol. The van der Waals surface area contributed by atoms with Crippen LogP contribution >= 0.6 is 0 Å². The predicted molar refractivity (Wildman–Crippen MR) is 104 cm³/mol. The summed E-state index contributed by atoms with van der Waals surface area (Å²) in [6, 6.07) is 12.0. The molecule has 0 aliphatic heterocycles. The Kier molecular flexibility index (Phi) is 5.40. The molecule has 0 spiro atoms. The summed E-state index contributed by atoms with van der Waals surface area (Å²) in [4.78, 5) is 17.1. The Morgan fingerprint density at radius 2 is 1.69 bits per heavy atom. The van der Waals surface area contributed by atoms with Crippen molar-refractivity contribution in [1.29, 1.82) is 0 Å². The third kappa shape index (κ3) is 3.96. The van der Waals surface area contributed by atoms with Crippen molar-refractivity contribution in [3.05, 3.63) is 53.1 Å². The van der Waals surface area contributed by atoms with Crippen molar-refractivity contribution in [1.82, 2.24) is 0 Å². The van der Waals surface area contributed by atoms with Crippen LogP contribution < -0.4 is 9.47 Å². The third-order valence-electron chi connectivity index (χ3n) is 5.01. The van der Waals surface area contributed by atoms with Crippen molar-refractivity contribution in [2.75, 3.05) is 14.2 Å². The van der Waals surface area contributed by atoms with Gasteiger partial charge in [-0.15, -0.1) is 0 Å². The van der Waals surface area contributed by atoms with Gasteiger partial charge in [-0.3, -0.25) is 9.79 Å². The highest BCUT2D eigenvalue weighted by molar-refractivity contribution is 6.05. The second-order valence-corrected chi connectivity index (χ2v) is 6.88. The molecule has 2 aromatic rings. The SMILES string of the molecule is COc1ccc(C2CC(=O)CC(=Nc3ccc(C)c(C)c3)C2)cc1OC. The molecule has 1 saturated carbocycles. The van der Waals surface area contributed by atoms with Crippen LogP contribution in [0.4, 0.5) is 5.69 Å². The van der Waals surface area contributed by atoms with Crippen LogP contribution in [-0.2, 0) is 4.79 Å². The van der Waals surface area contributed by atoms with Gasteiger partial charge in [0, 0.05) is 18.6 Å². The summed E-state index contributed by atoms with van der Waals surface area (Å²) in [5.74, 6) is 1.75. The maximum Gasteiger partial charge on any atom is 0.160 e. The zero-order valence-electron chi connectivity index (χ0n) is 15.8. The van der Waals surface area contributed by atoms with Crippen LogP contribution in [0.15, 0.2) is 41.4 Å². The predicted octanol–water partition coefficient (Wildman–Crippen LogP) is 4.93. The third-order valence-corrected chi connectivity index (χ3v) is 5.01. The molecule has 0 N–H and O–H groups in total. The zero-order valence-corrected chi connectivity index (χ0v) is 15.8. The Balaban J connectivity index is 1.87. The lowest BCUT2D eigenvalue weighted by Gasteiger charge is -2.24. The van der Waals surface area contributed by atoms with E-state index in [0.717, 1.165) is 23.4 Å². The topological polar surface area (TPSA) is 47.9 Å². The number of ketones is 1. The van der Waals surface area contributed by atoms with E-state index in [9.17, 15) is 4.79 Å². The molecule has 136 valence electrons. The highest BCUT2D eigenvalue weighted by Gasteiger charge is 2.26. The van der Waals surface area contributed by atoms with E-state index < -0.39 is 0 Å². The van der Waals surface area contributed by atoms with Crippen LogP contribution in [0.2, 0.25) is 0 Å². The van der Waals surface area contributed by atoms with Gasteiger partial charge in [0.15, 0.2) is 11.5 Å². The Morgan fingerprint density at radius 1 is 0.923 bits per heavy atom.